The Morgan fingerprint density at radius 2 is 2.14 bits per heavy atom. The zero-order chi connectivity index (χ0) is 20.4. The highest BCUT2D eigenvalue weighted by molar-refractivity contribution is 5.79. The zero-order valence-electron chi connectivity index (χ0n) is 16.3. The fourth-order valence-electron chi connectivity index (χ4n) is 2.73. The van der Waals surface area contributed by atoms with E-state index in [9.17, 15) is 13.2 Å². The summed E-state index contributed by atoms with van der Waals surface area (Å²) in [4.78, 5) is 4.10. The van der Waals surface area contributed by atoms with E-state index < -0.39 is 12.8 Å². The van der Waals surface area contributed by atoms with Gasteiger partial charge in [-0.15, -0.1) is 0 Å². The number of ether oxygens (including phenoxy) is 3. The van der Waals surface area contributed by atoms with Crippen LogP contribution in [-0.2, 0) is 16.0 Å². The number of nitrogens with one attached hydrogen (secondary N) is 2. The Kier molecular flexibility index (Phi) is 8.85. The number of hydrogen-bond donors (Lipinski definition) is 2. The van der Waals surface area contributed by atoms with Crippen molar-refractivity contribution in [2.75, 3.05) is 40.0 Å². The number of aryl methyl sites for hydroxylation is 1. The van der Waals surface area contributed by atoms with E-state index in [1.165, 1.54) is 0 Å². The highest BCUT2D eigenvalue weighted by Gasteiger charge is 2.28. The average Bonchev–Trinajstić information content (AvgIpc) is 3.16. The molecule has 1 atom stereocenters. The molecule has 28 heavy (non-hydrogen) atoms. The maximum Gasteiger partial charge on any atom is 0.422 e. The number of hydrogen-bond acceptors (Lipinski definition) is 4. The van der Waals surface area contributed by atoms with Gasteiger partial charge in [0.1, 0.15) is 5.75 Å². The average molecular weight is 403 g/mol. The molecule has 0 bridgehead atoms. The normalized spacial score (nSPS) is 17.6. The second kappa shape index (κ2) is 11.1. The lowest BCUT2D eigenvalue weighted by atomic mass is 10.1. The number of halogens is 3. The van der Waals surface area contributed by atoms with Crippen molar-refractivity contribution < 1.29 is 27.4 Å². The Morgan fingerprint density at radius 1 is 1.32 bits per heavy atom. The quantitative estimate of drug-likeness (QED) is 0.377. The molecule has 6 nitrogen and oxygen atoms in total. The third-order valence-corrected chi connectivity index (χ3v) is 4.15. The third kappa shape index (κ3) is 8.35. The molecule has 1 heterocycles. The summed E-state index contributed by atoms with van der Waals surface area (Å²) in [5.41, 5.74) is 1.44. The number of alkyl halides is 3. The van der Waals surface area contributed by atoms with Crippen LogP contribution in [0.1, 0.15) is 24.0 Å². The van der Waals surface area contributed by atoms with E-state index in [4.69, 9.17) is 14.2 Å². The van der Waals surface area contributed by atoms with Crippen LogP contribution >= 0.6 is 0 Å². The summed E-state index contributed by atoms with van der Waals surface area (Å²) >= 11 is 0. The van der Waals surface area contributed by atoms with Crippen molar-refractivity contribution in [2.24, 2.45) is 4.99 Å². The van der Waals surface area contributed by atoms with Crippen LogP contribution in [-0.4, -0.2) is 58.3 Å². The highest BCUT2D eigenvalue weighted by Crippen LogP contribution is 2.23. The molecule has 2 N–H and O–H groups in total. The van der Waals surface area contributed by atoms with Gasteiger partial charge in [-0.2, -0.15) is 13.2 Å². The molecule has 2 rings (SSSR count). The van der Waals surface area contributed by atoms with Gasteiger partial charge in [-0.25, -0.2) is 0 Å². The predicted molar refractivity (Wildman–Crippen MR) is 101 cm³/mol. The lowest BCUT2D eigenvalue weighted by molar-refractivity contribution is -0.153. The SMILES string of the molecule is CN=C(NCCOCC1CCCO1)NCc1ccc(C)cc1OCC(F)(F)F. The number of rotatable bonds is 9. The number of aliphatic imine (C=N–C) groups is 1. The van der Waals surface area contributed by atoms with Crippen molar-refractivity contribution in [3.05, 3.63) is 29.3 Å². The van der Waals surface area contributed by atoms with Crippen LogP contribution < -0.4 is 15.4 Å². The molecule has 1 aliphatic rings. The second-order valence-electron chi connectivity index (χ2n) is 6.58. The first-order valence-corrected chi connectivity index (χ1v) is 9.30. The number of benzene rings is 1. The molecule has 0 spiro atoms. The van der Waals surface area contributed by atoms with E-state index in [-0.39, 0.29) is 18.4 Å². The van der Waals surface area contributed by atoms with E-state index >= 15 is 0 Å². The molecule has 1 aliphatic heterocycles. The molecule has 1 aromatic carbocycles. The first-order chi connectivity index (χ1) is 13.4. The maximum absolute atomic E-state index is 12.5. The Bertz CT molecular complexity index is 633. The van der Waals surface area contributed by atoms with E-state index in [1.54, 1.807) is 26.1 Å². The highest BCUT2D eigenvalue weighted by atomic mass is 19.4. The van der Waals surface area contributed by atoms with Gasteiger partial charge in [0.05, 0.1) is 19.3 Å². The smallest absolute Gasteiger partial charge is 0.422 e. The molecule has 1 aromatic rings. The van der Waals surface area contributed by atoms with Gasteiger partial charge in [-0.1, -0.05) is 12.1 Å². The number of nitrogens with zero attached hydrogens (tertiary/aromatic N) is 1. The summed E-state index contributed by atoms with van der Waals surface area (Å²) in [6, 6.07) is 5.16. The Labute approximate surface area is 163 Å². The van der Waals surface area contributed by atoms with E-state index in [0.717, 1.165) is 25.0 Å². The summed E-state index contributed by atoms with van der Waals surface area (Å²) in [6.45, 7) is 3.20. The van der Waals surface area contributed by atoms with Crippen LogP contribution in [0.25, 0.3) is 0 Å². The van der Waals surface area contributed by atoms with E-state index in [2.05, 4.69) is 15.6 Å². The first-order valence-electron chi connectivity index (χ1n) is 9.30. The Hall–Kier alpha value is -2.00. The molecule has 1 unspecified atom stereocenters. The fourth-order valence-corrected chi connectivity index (χ4v) is 2.73. The van der Waals surface area contributed by atoms with E-state index in [0.29, 0.717) is 31.3 Å². The lowest BCUT2D eigenvalue weighted by Gasteiger charge is -2.16. The number of guanidine groups is 1. The Morgan fingerprint density at radius 3 is 2.82 bits per heavy atom. The van der Waals surface area contributed by atoms with Gasteiger partial charge < -0.3 is 24.8 Å². The van der Waals surface area contributed by atoms with Gasteiger partial charge in [0, 0.05) is 32.3 Å². The van der Waals surface area contributed by atoms with Gasteiger partial charge >= 0.3 is 6.18 Å². The molecule has 1 fully saturated rings. The van der Waals surface area contributed by atoms with Crippen molar-refractivity contribution in [3.8, 4) is 5.75 Å². The molecular formula is C19H28F3N3O3. The minimum Gasteiger partial charge on any atom is -0.484 e. The topological polar surface area (TPSA) is 64.1 Å². The molecule has 0 saturated carbocycles. The van der Waals surface area contributed by atoms with Gasteiger partial charge in [0.25, 0.3) is 0 Å². The minimum atomic E-state index is -4.38. The fraction of sp³-hybridized carbons (Fsp3) is 0.632. The molecule has 158 valence electrons. The van der Waals surface area contributed by atoms with Crippen molar-refractivity contribution in [2.45, 2.75) is 38.6 Å². The predicted octanol–water partition coefficient (Wildman–Crippen LogP) is 2.80. The molecule has 0 aliphatic carbocycles. The van der Waals surface area contributed by atoms with Crippen LogP contribution in [0, 0.1) is 6.92 Å². The van der Waals surface area contributed by atoms with Crippen LogP contribution in [0.4, 0.5) is 13.2 Å². The van der Waals surface area contributed by atoms with Gasteiger partial charge in [-0.05, 0) is 31.4 Å². The molecule has 0 amide bonds. The molecule has 9 heteroatoms. The van der Waals surface area contributed by atoms with Gasteiger partial charge in [0.15, 0.2) is 12.6 Å². The summed E-state index contributed by atoms with van der Waals surface area (Å²) < 4.78 is 53.4. The van der Waals surface area contributed by atoms with Crippen molar-refractivity contribution in [3.63, 3.8) is 0 Å². The molecule has 0 radical (unpaired) electrons. The summed E-state index contributed by atoms with van der Waals surface area (Å²) in [5, 5.41) is 6.18. The summed E-state index contributed by atoms with van der Waals surface area (Å²) in [5.74, 6) is 0.739. The Balaban J connectivity index is 1.75. The van der Waals surface area contributed by atoms with Crippen molar-refractivity contribution in [1.82, 2.24) is 10.6 Å². The van der Waals surface area contributed by atoms with Crippen LogP contribution in [0.15, 0.2) is 23.2 Å². The molecular weight excluding hydrogens is 375 g/mol. The maximum atomic E-state index is 12.5. The van der Waals surface area contributed by atoms with Gasteiger partial charge in [-0.3, -0.25) is 4.99 Å². The van der Waals surface area contributed by atoms with Crippen LogP contribution in [0.2, 0.25) is 0 Å². The minimum absolute atomic E-state index is 0.189. The zero-order valence-corrected chi connectivity index (χ0v) is 16.3. The monoisotopic (exact) mass is 403 g/mol. The van der Waals surface area contributed by atoms with Crippen LogP contribution in [0.3, 0.4) is 0 Å². The third-order valence-electron chi connectivity index (χ3n) is 4.15. The van der Waals surface area contributed by atoms with Crippen molar-refractivity contribution >= 4 is 5.96 Å². The van der Waals surface area contributed by atoms with Crippen molar-refractivity contribution in [1.29, 1.82) is 0 Å². The molecule has 0 aromatic heterocycles. The summed E-state index contributed by atoms with van der Waals surface area (Å²) in [6.07, 6.45) is -2.08. The molecule has 1 saturated heterocycles. The lowest BCUT2D eigenvalue weighted by Crippen LogP contribution is -2.38. The standard InChI is InChI=1S/C19H28F3N3O3/c1-14-5-6-15(17(10-14)28-13-19(20,21)22)11-25-18(23-2)24-7-9-26-12-16-4-3-8-27-16/h5-6,10,16H,3-4,7-9,11-13H2,1-2H3,(H2,23,24,25). The van der Waals surface area contributed by atoms with Gasteiger partial charge in [0.2, 0.25) is 0 Å². The van der Waals surface area contributed by atoms with Crippen LogP contribution in [0.5, 0.6) is 5.75 Å². The van der Waals surface area contributed by atoms with E-state index in [1.807, 2.05) is 6.07 Å². The summed E-state index contributed by atoms with van der Waals surface area (Å²) in [7, 11) is 1.62. The second-order valence-corrected chi connectivity index (χ2v) is 6.58. The largest absolute Gasteiger partial charge is 0.484 e. The first kappa shape index (κ1) is 22.3.